The quantitative estimate of drug-likeness (QED) is 0.528. The number of benzene rings is 2. The smallest absolute Gasteiger partial charge is 0.246 e. The van der Waals surface area contributed by atoms with Crippen molar-refractivity contribution in [1.82, 2.24) is 10.2 Å². The number of hydrogen-bond acceptors (Lipinski definition) is 4. The van der Waals surface area contributed by atoms with Crippen molar-refractivity contribution in [2.45, 2.75) is 52.2 Å². The minimum Gasteiger partial charge on any atom is -0.379 e. The molecule has 0 bridgehead atoms. The van der Waals surface area contributed by atoms with E-state index in [9.17, 15) is 9.59 Å². The molecule has 178 valence electrons. The molecule has 0 radical (unpaired) electrons. The second-order valence-electron chi connectivity index (χ2n) is 9.04. The monoisotopic (exact) mass is 451 g/mol. The molecular weight excluding hydrogens is 414 g/mol. The van der Waals surface area contributed by atoms with Crippen molar-refractivity contribution < 1.29 is 14.3 Å². The SMILES string of the molecule is Cc1ccc(NC(=O)C(c2ccccc2)N2CCC(C(=O)NCCCOC(C)C)CC2)cc1. The molecule has 6 nitrogen and oxygen atoms in total. The first kappa shape index (κ1) is 24.9. The number of aryl methyl sites for hydroxylation is 1. The molecular formula is C27H37N3O3. The third kappa shape index (κ3) is 7.69. The maximum Gasteiger partial charge on any atom is 0.246 e. The van der Waals surface area contributed by atoms with Gasteiger partial charge in [-0.3, -0.25) is 14.5 Å². The number of carbonyl (C=O) groups excluding carboxylic acids is 2. The van der Waals surface area contributed by atoms with Crippen molar-refractivity contribution in [2.24, 2.45) is 5.92 Å². The van der Waals surface area contributed by atoms with E-state index >= 15 is 0 Å². The van der Waals surface area contributed by atoms with Crippen LogP contribution in [-0.2, 0) is 14.3 Å². The molecule has 0 spiro atoms. The van der Waals surface area contributed by atoms with Gasteiger partial charge in [-0.05, 0) is 70.8 Å². The number of rotatable bonds is 10. The van der Waals surface area contributed by atoms with Crippen molar-refractivity contribution in [3.05, 3.63) is 65.7 Å². The zero-order valence-corrected chi connectivity index (χ0v) is 20.0. The fourth-order valence-corrected chi connectivity index (χ4v) is 4.18. The van der Waals surface area contributed by atoms with Crippen LogP contribution in [0.4, 0.5) is 5.69 Å². The van der Waals surface area contributed by atoms with Crippen molar-refractivity contribution in [3.8, 4) is 0 Å². The van der Waals surface area contributed by atoms with Crippen molar-refractivity contribution in [3.63, 3.8) is 0 Å². The van der Waals surface area contributed by atoms with E-state index in [0.29, 0.717) is 26.2 Å². The Balaban J connectivity index is 1.57. The van der Waals surface area contributed by atoms with Crippen LogP contribution in [-0.4, -0.2) is 49.1 Å². The van der Waals surface area contributed by atoms with Crippen LogP contribution in [0.1, 0.15) is 50.3 Å². The summed E-state index contributed by atoms with van der Waals surface area (Å²) in [5, 5.41) is 6.12. The number of anilines is 1. The average Bonchev–Trinajstić information content (AvgIpc) is 2.81. The second-order valence-corrected chi connectivity index (χ2v) is 9.04. The van der Waals surface area contributed by atoms with Gasteiger partial charge in [0.1, 0.15) is 6.04 Å². The Morgan fingerprint density at radius 2 is 1.70 bits per heavy atom. The molecule has 1 atom stereocenters. The molecule has 6 heteroatoms. The van der Waals surface area contributed by atoms with Crippen LogP contribution in [0.3, 0.4) is 0 Å². The van der Waals surface area contributed by atoms with Crippen LogP contribution in [0.25, 0.3) is 0 Å². The van der Waals surface area contributed by atoms with E-state index in [1.54, 1.807) is 0 Å². The van der Waals surface area contributed by atoms with E-state index in [2.05, 4.69) is 15.5 Å². The normalized spacial score (nSPS) is 15.9. The Bertz CT molecular complexity index is 875. The predicted octanol–water partition coefficient (Wildman–Crippen LogP) is 4.32. The number of carbonyl (C=O) groups is 2. The molecule has 0 saturated carbocycles. The van der Waals surface area contributed by atoms with E-state index in [4.69, 9.17) is 4.74 Å². The Labute approximate surface area is 197 Å². The van der Waals surface area contributed by atoms with Gasteiger partial charge in [-0.15, -0.1) is 0 Å². The summed E-state index contributed by atoms with van der Waals surface area (Å²) in [6, 6.07) is 17.3. The lowest BCUT2D eigenvalue weighted by Crippen LogP contribution is -2.45. The number of nitrogens with one attached hydrogen (secondary N) is 2. The maximum absolute atomic E-state index is 13.3. The second kappa shape index (κ2) is 12.5. The molecule has 33 heavy (non-hydrogen) atoms. The van der Waals surface area contributed by atoms with Crippen molar-refractivity contribution in [1.29, 1.82) is 0 Å². The fraction of sp³-hybridized carbons (Fsp3) is 0.481. The summed E-state index contributed by atoms with van der Waals surface area (Å²) >= 11 is 0. The van der Waals surface area contributed by atoms with Gasteiger partial charge in [0.25, 0.3) is 0 Å². The first-order chi connectivity index (χ1) is 15.9. The van der Waals surface area contributed by atoms with Gasteiger partial charge < -0.3 is 15.4 Å². The Morgan fingerprint density at radius 3 is 2.33 bits per heavy atom. The van der Waals surface area contributed by atoms with Crippen LogP contribution in [0.2, 0.25) is 0 Å². The van der Waals surface area contributed by atoms with Gasteiger partial charge in [0.05, 0.1) is 6.10 Å². The molecule has 2 N–H and O–H groups in total. The van der Waals surface area contributed by atoms with Gasteiger partial charge >= 0.3 is 0 Å². The number of piperidine rings is 1. The molecule has 2 aromatic rings. The highest BCUT2D eigenvalue weighted by Crippen LogP contribution is 2.28. The third-order valence-electron chi connectivity index (χ3n) is 6.02. The first-order valence-electron chi connectivity index (χ1n) is 12.0. The third-order valence-corrected chi connectivity index (χ3v) is 6.02. The number of likely N-dealkylation sites (tertiary alicyclic amines) is 1. The molecule has 1 fully saturated rings. The Kier molecular flexibility index (Phi) is 9.46. The van der Waals surface area contributed by atoms with Crippen LogP contribution in [0, 0.1) is 12.8 Å². The molecule has 1 saturated heterocycles. The van der Waals surface area contributed by atoms with Gasteiger partial charge in [0.2, 0.25) is 11.8 Å². The number of ether oxygens (including phenoxy) is 1. The van der Waals surface area contributed by atoms with Gasteiger partial charge in [-0.1, -0.05) is 48.0 Å². The van der Waals surface area contributed by atoms with E-state index in [1.807, 2.05) is 75.4 Å². The van der Waals surface area contributed by atoms with Gasteiger partial charge in [-0.2, -0.15) is 0 Å². The molecule has 0 aromatic heterocycles. The number of hydrogen-bond donors (Lipinski definition) is 2. The molecule has 1 heterocycles. The lowest BCUT2D eigenvalue weighted by Gasteiger charge is -2.36. The zero-order chi connectivity index (χ0) is 23.6. The first-order valence-corrected chi connectivity index (χ1v) is 12.0. The summed E-state index contributed by atoms with van der Waals surface area (Å²) in [7, 11) is 0. The van der Waals surface area contributed by atoms with E-state index in [-0.39, 0.29) is 29.9 Å². The van der Waals surface area contributed by atoms with Crippen LogP contribution in [0.5, 0.6) is 0 Å². The summed E-state index contributed by atoms with van der Waals surface area (Å²) < 4.78 is 5.53. The molecule has 3 rings (SSSR count). The highest BCUT2D eigenvalue weighted by Gasteiger charge is 2.33. The summed E-state index contributed by atoms with van der Waals surface area (Å²) in [5.41, 5.74) is 2.91. The van der Waals surface area contributed by atoms with E-state index in [1.165, 1.54) is 0 Å². The molecule has 1 aliphatic rings. The van der Waals surface area contributed by atoms with Gasteiger partial charge in [0.15, 0.2) is 0 Å². The molecule has 2 aromatic carbocycles. The summed E-state index contributed by atoms with van der Waals surface area (Å²) in [5.74, 6) is 0.0570. The predicted molar refractivity (Wildman–Crippen MR) is 132 cm³/mol. The van der Waals surface area contributed by atoms with Gasteiger partial charge in [-0.25, -0.2) is 0 Å². The summed E-state index contributed by atoms with van der Waals surface area (Å²) in [4.78, 5) is 28.1. The summed E-state index contributed by atoms with van der Waals surface area (Å²) in [6.45, 7) is 8.75. The minimum atomic E-state index is -0.385. The van der Waals surface area contributed by atoms with Crippen LogP contribution < -0.4 is 10.6 Å². The lowest BCUT2D eigenvalue weighted by atomic mass is 9.93. The lowest BCUT2D eigenvalue weighted by molar-refractivity contribution is -0.127. The highest BCUT2D eigenvalue weighted by atomic mass is 16.5. The van der Waals surface area contributed by atoms with Crippen molar-refractivity contribution in [2.75, 3.05) is 31.6 Å². The topological polar surface area (TPSA) is 70.7 Å². The standard InChI is InChI=1S/C27H37N3O3/c1-20(2)33-19-7-16-28-26(31)23-14-17-30(18-15-23)25(22-8-5-4-6-9-22)27(32)29-24-12-10-21(3)11-13-24/h4-6,8-13,20,23,25H,7,14-19H2,1-3H3,(H,28,31)(H,29,32). The molecule has 0 aliphatic carbocycles. The zero-order valence-electron chi connectivity index (χ0n) is 20.0. The minimum absolute atomic E-state index is 0.0103. The number of amides is 2. The Hall–Kier alpha value is -2.70. The van der Waals surface area contributed by atoms with E-state index in [0.717, 1.165) is 36.1 Å². The average molecular weight is 452 g/mol. The molecule has 1 aliphatic heterocycles. The summed E-state index contributed by atoms with van der Waals surface area (Å²) in [6.07, 6.45) is 2.52. The van der Waals surface area contributed by atoms with Crippen LogP contribution in [0.15, 0.2) is 54.6 Å². The van der Waals surface area contributed by atoms with E-state index < -0.39 is 0 Å². The largest absolute Gasteiger partial charge is 0.379 e. The van der Waals surface area contributed by atoms with Crippen LogP contribution >= 0.6 is 0 Å². The molecule has 2 amide bonds. The fourth-order valence-electron chi connectivity index (χ4n) is 4.18. The Morgan fingerprint density at radius 1 is 1.03 bits per heavy atom. The van der Waals surface area contributed by atoms with Crippen molar-refractivity contribution >= 4 is 17.5 Å². The number of nitrogens with zero attached hydrogens (tertiary/aromatic N) is 1. The van der Waals surface area contributed by atoms with Gasteiger partial charge in [0, 0.05) is 24.8 Å². The maximum atomic E-state index is 13.3. The molecule has 1 unspecified atom stereocenters. The highest BCUT2D eigenvalue weighted by molar-refractivity contribution is 5.95.